The van der Waals surface area contributed by atoms with Gasteiger partial charge in [-0.3, -0.25) is 9.69 Å². The Morgan fingerprint density at radius 3 is 2.55 bits per heavy atom. The Labute approximate surface area is 199 Å². The second-order valence-corrected chi connectivity index (χ2v) is 9.68. The molecular weight excluding hydrogens is 432 g/mol. The fourth-order valence-corrected chi connectivity index (χ4v) is 6.17. The van der Waals surface area contributed by atoms with E-state index in [1.54, 1.807) is 25.6 Å². The SMILES string of the molecule is COc1cc2c(cc1OC)C(c1ccccc1)N(CC(=O)N1CCCC1c1cccs1)CC2. The summed E-state index contributed by atoms with van der Waals surface area (Å²) in [6.07, 6.45) is 2.99. The molecule has 1 aromatic heterocycles. The number of fused-ring (bicyclic) bond motifs is 1. The molecule has 3 aromatic rings. The molecule has 0 saturated carbocycles. The van der Waals surface area contributed by atoms with Gasteiger partial charge in [-0.25, -0.2) is 0 Å². The first-order valence-corrected chi connectivity index (χ1v) is 12.4. The Bertz CT molecular complexity index is 1100. The number of carbonyl (C=O) groups is 1. The molecule has 3 heterocycles. The number of hydrogen-bond donors (Lipinski definition) is 0. The minimum atomic E-state index is 0.00139. The van der Waals surface area contributed by atoms with Gasteiger partial charge in [0, 0.05) is 18.0 Å². The fourth-order valence-electron chi connectivity index (χ4n) is 5.30. The Hall–Kier alpha value is -2.83. The van der Waals surface area contributed by atoms with Crippen molar-refractivity contribution < 1.29 is 14.3 Å². The molecule has 2 atom stereocenters. The highest BCUT2D eigenvalue weighted by Crippen LogP contribution is 2.41. The van der Waals surface area contributed by atoms with Gasteiger partial charge < -0.3 is 14.4 Å². The summed E-state index contributed by atoms with van der Waals surface area (Å²) >= 11 is 1.75. The number of amides is 1. The van der Waals surface area contributed by atoms with Crippen LogP contribution in [0.25, 0.3) is 0 Å². The maximum absolute atomic E-state index is 13.6. The molecule has 2 aliphatic heterocycles. The highest BCUT2D eigenvalue weighted by molar-refractivity contribution is 7.10. The number of ether oxygens (including phenoxy) is 2. The van der Waals surface area contributed by atoms with Gasteiger partial charge in [0.2, 0.25) is 5.91 Å². The zero-order chi connectivity index (χ0) is 22.8. The lowest BCUT2D eigenvalue weighted by Crippen LogP contribution is -2.44. The molecule has 6 heteroatoms. The molecule has 5 rings (SSSR count). The van der Waals surface area contributed by atoms with Crippen LogP contribution in [0.2, 0.25) is 0 Å². The van der Waals surface area contributed by atoms with E-state index in [0.717, 1.165) is 43.9 Å². The van der Waals surface area contributed by atoms with E-state index >= 15 is 0 Å². The molecule has 1 saturated heterocycles. The molecule has 0 spiro atoms. The minimum absolute atomic E-state index is 0.00139. The standard InChI is InChI=1S/C27H30N2O3S/c1-31-23-16-20-12-14-28(18-26(30)29-13-6-10-22(29)25-11-7-15-33-25)27(19-8-4-3-5-9-19)21(20)17-24(23)32-2/h3-5,7-9,11,15-17,22,27H,6,10,12-14,18H2,1-2H3. The van der Waals surface area contributed by atoms with E-state index in [1.165, 1.54) is 21.6 Å². The van der Waals surface area contributed by atoms with Crippen LogP contribution < -0.4 is 9.47 Å². The maximum atomic E-state index is 13.6. The molecule has 2 aromatic carbocycles. The third-order valence-electron chi connectivity index (χ3n) is 6.87. The summed E-state index contributed by atoms with van der Waals surface area (Å²) < 4.78 is 11.2. The predicted molar refractivity (Wildman–Crippen MR) is 131 cm³/mol. The van der Waals surface area contributed by atoms with Crippen molar-refractivity contribution in [3.05, 3.63) is 81.5 Å². The molecule has 0 N–H and O–H groups in total. The lowest BCUT2D eigenvalue weighted by atomic mass is 9.87. The lowest BCUT2D eigenvalue weighted by molar-refractivity contribution is -0.133. The molecule has 2 unspecified atom stereocenters. The second-order valence-electron chi connectivity index (χ2n) is 8.70. The van der Waals surface area contributed by atoms with Crippen molar-refractivity contribution >= 4 is 17.2 Å². The molecule has 172 valence electrons. The van der Waals surface area contributed by atoms with Crippen LogP contribution >= 0.6 is 11.3 Å². The summed E-state index contributed by atoms with van der Waals surface area (Å²) in [6.45, 7) is 2.08. The van der Waals surface area contributed by atoms with E-state index in [9.17, 15) is 4.79 Å². The Morgan fingerprint density at radius 2 is 1.82 bits per heavy atom. The maximum Gasteiger partial charge on any atom is 0.237 e. The van der Waals surface area contributed by atoms with Gasteiger partial charge in [0.05, 0.1) is 32.8 Å². The molecule has 0 radical (unpaired) electrons. The van der Waals surface area contributed by atoms with Gasteiger partial charge >= 0.3 is 0 Å². The van der Waals surface area contributed by atoms with Gasteiger partial charge in [0.25, 0.3) is 0 Å². The first-order chi connectivity index (χ1) is 16.2. The van der Waals surface area contributed by atoms with Crippen LogP contribution in [0.15, 0.2) is 60.0 Å². The smallest absolute Gasteiger partial charge is 0.237 e. The number of rotatable bonds is 6. The molecule has 5 nitrogen and oxygen atoms in total. The van der Waals surface area contributed by atoms with Crippen LogP contribution in [0.4, 0.5) is 0 Å². The third-order valence-corrected chi connectivity index (χ3v) is 7.85. The van der Waals surface area contributed by atoms with E-state index in [-0.39, 0.29) is 18.0 Å². The largest absolute Gasteiger partial charge is 0.493 e. The molecule has 1 fully saturated rings. The quantitative estimate of drug-likeness (QED) is 0.513. The number of methoxy groups -OCH3 is 2. The zero-order valence-electron chi connectivity index (χ0n) is 19.2. The number of likely N-dealkylation sites (tertiary alicyclic amines) is 1. The second kappa shape index (κ2) is 9.57. The zero-order valence-corrected chi connectivity index (χ0v) is 20.0. The molecule has 2 aliphatic rings. The summed E-state index contributed by atoms with van der Waals surface area (Å²) in [7, 11) is 3.34. The summed E-state index contributed by atoms with van der Waals surface area (Å²) in [4.78, 5) is 19.3. The first-order valence-electron chi connectivity index (χ1n) is 11.6. The molecule has 0 aliphatic carbocycles. The van der Waals surface area contributed by atoms with E-state index < -0.39 is 0 Å². The van der Waals surface area contributed by atoms with E-state index in [0.29, 0.717) is 6.54 Å². The van der Waals surface area contributed by atoms with Crippen molar-refractivity contribution in [2.45, 2.75) is 31.3 Å². The van der Waals surface area contributed by atoms with E-state index in [2.05, 4.69) is 63.7 Å². The number of carbonyl (C=O) groups excluding carboxylic acids is 1. The van der Waals surface area contributed by atoms with Gasteiger partial charge in [-0.15, -0.1) is 11.3 Å². The Morgan fingerprint density at radius 1 is 1.03 bits per heavy atom. The number of benzene rings is 2. The average Bonchev–Trinajstić information content (AvgIpc) is 3.55. The third kappa shape index (κ3) is 4.25. The number of hydrogen-bond acceptors (Lipinski definition) is 5. The molecular formula is C27H30N2O3S. The van der Waals surface area contributed by atoms with Crippen molar-refractivity contribution in [3.63, 3.8) is 0 Å². The lowest BCUT2D eigenvalue weighted by Gasteiger charge is -2.39. The van der Waals surface area contributed by atoms with Gasteiger partial charge in [0.15, 0.2) is 11.5 Å². The monoisotopic (exact) mass is 462 g/mol. The first kappa shape index (κ1) is 22.0. The van der Waals surface area contributed by atoms with E-state index in [1.807, 2.05) is 6.07 Å². The van der Waals surface area contributed by atoms with Crippen molar-refractivity contribution in [2.24, 2.45) is 0 Å². The van der Waals surface area contributed by atoms with Crippen LogP contribution in [0, 0.1) is 0 Å². The predicted octanol–water partition coefficient (Wildman–Crippen LogP) is 5.08. The summed E-state index contributed by atoms with van der Waals surface area (Å²) in [5.41, 5.74) is 3.63. The summed E-state index contributed by atoms with van der Waals surface area (Å²) in [5.74, 6) is 1.70. The summed E-state index contributed by atoms with van der Waals surface area (Å²) in [5, 5.41) is 2.10. The number of nitrogens with zero attached hydrogens (tertiary/aromatic N) is 2. The topological polar surface area (TPSA) is 42.0 Å². The number of thiophene rings is 1. The normalized spacial score (nSPS) is 20.5. The van der Waals surface area contributed by atoms with Crippen LogP contribution in [0.3, 0.4) is 0 Å². The Kier molecular flexibility index (Phi) is 6.38. The Balaban J connectivity index is 1.46. The van der Waals surface area contributed by atoms with Gasteiger partial charge in [0.1, 0.15) is 0 Å². The van der Waals surface area contributed by atoms with Crippen LogP contribution in [-0.2, 0) is 11.2 Å². The van der Waals surface area contributed by atoms with Crippen molar-refractivity contribution in [1.29, 1.82) is 0 Å². The van der Waals surface area contributed by atoms with Crippen LogP contribution in [0.5, 0.6) is 11.5 Å². The highest BCUT2D eigenvalue weighted by atomic mass is 32.1. The molecule has 1 amide bonds. The van der Waals surface area contributed by atoms with Crippen LogP contribution in [-0.4, -0.2) is 49.6 Å². The van der Waals surface area contributed by atoms with Crippen molar-refractivity contribution in [3.8, 4) is 11.5 Å². The summed E-state index contributed by atoms with van der Waals surface area (Å²) in [6, 6.07) is 19.1. The van der Waals surface area contributed by atoms with Crippen molar-refractivity contribution in [2.75, 3.05) is 33.9 Å². The average molecular weight is 463 g/mol. The molecule has 33 heavy (non-hydrogen) atoms. The highest BCUT2D eigenvalue weighted by Gasteiger charge is 2.35. The fraction of sp³-hybridized carbons (Fsp3) is 0.370. The van der Waals surface area contributed by atoms with Gasteiger partial charge in [-0.1, -0.05) is 36.4 Å². The van der Waals surface area contributed by atoms with Gasteiger partial charge in [-0.2, -0.15) is 0 Å². The minimum Gasteiger partial charge on any atom is -0.493 e. The van der Waals surface area contributed by atoms with Crippen LogP contribution in [0.1, 0.15) is 46.5 Å². The van der Waals surface area contributed by atoms with Gasteiger partial charge in [-0.05, 0) is 59.5 Å². The molecule has 0 bridgehead atoms. The van der Waals surface area contributed by atoms with E-state index in [4.69, 9.17) is 9.47 Å². The van der Waals surface area contributed by atoms with Crippen molar-refractivity contribution in [1.82, 2.24) is 9.80 Å².